The van der Waals surface area contributed by atoms with Gasteiger partial charge in [-0.05, 0) is 0 Å². The van der Waals surface area contributed by atoms with Crippen molar-refractivity contribution < 1.29 is 14.7 Å². The molecule has 0 spiro atoms. The lowest BCUT2D eigenvalue weighted by molar-refractivity contribution is 0.0701. The van der Waals surface area contributed by atoms with Crippen molar-refractivity contribution in [1.29, 1.82) is 0 Å². The Morgan fingerprint density at radius 3 is 2.55 bits per heavy atom. The van der Waals surface area contributed by atoms with Crippen LogP contribution >= 0.6 is 11.3 Å². The third-order valence-electron chi connectivity index (χ3n) is 0.927. The van der Waals surface area contributed by atoms with Crippen molar-refractivity contribution in [3.05, 3.63) is 16.1 Å². The largest absolute Gasteiger partial charge is 0.477 e. The second-order valence-corrected chi connectivity index (χ2v) is 2.73. The van der Waals surface area contributed by atoms with Gasteiger partial charge in [0.1, 0.15) is 4.88 Å². The number of aromatic carboxylic acids is 1. The summed E-state index contributed by atoms with van der Waals surface area (Å²) in [6.45, 7) is 0. The number of aromatic nitrogens is 1. The first-order valence-electron chi connectivity index (χ1n) is 2.60. The van der Waals surface area contributed by atoms with Gasteiger partial charge < -0.3 is 10.8 Å². The number of carboxylic acids is 1. The van der Waals surface area contributed by atoms with Gasteiger partial charge in [0.2, 0.25) is 0 Å². The van der Waals surface area contributed by atoms with Crippen molar-refractivity contribution in [3.63, 3.8) is 0 Å². The molecule has 0 radical (unpaired) electrons. The van der Waals surface area contributed by atoms with Crippen molar-refractivity contribution in [2.45, 2.75) is 0 Å². The van der Waals surface area contributed by atoms with E-state index >= 15 is 0 Å². The van der Waals surface area contributed by atoms with Gasteiger partial charge in [-0.15, -0.1) is 11.3 Å². The molecule has 11 heavy (non-hydrogen) atoms. The maximum atomic E-state index is 10.4. The molecule has 3 N–H and O–H groups in total. The van der Waals surface area contributed by atoms with Gasteiger partial charge >= 0.3 is 5.97 Å². The third kappa shape index (κ3) is 1.53. The van der Waals surface area contributed by atoms with E-state index in [2.05, 4.69) is 4.98 Å². The summed E-state index contributed by atoms with van der Waals surface area (Å²) in [5.41, 5.74) is 4.84. The van der Waals surface area contributed by atoms with E-state index in [0.29, 0.717) is 0 Å². The normalized spacial score (nSPS) is 9.45. The number of carbonyl (C=O) groups is 2. The Hall–Kier alpha value is -1.43. The van der Waals surface area contributed by atoms with Gasteiger partial charge in [0, 0.05) is 0 Å². The number of thiazole rings is 1. The molecule has 0 saturated heterocycles. The fourth-order valence-corrected chi connectivity index (χ4v) is 1.09. The molecule has 1 amide bonds. The maximum absolute atomic E-state index is 10.4. The highest BCUT2D eigenvalue weighted by atomic mass is 32.1. The van der Waals surface area contributed by atoms with E-state index in [4.69, 9.17) is 10.8 Å². The molecular formula is C5H4N2O3S. The van der Waals surface area contributed by atoms with E-state index in [1.54, 1.807) is 0 Å². The van der Waals surface area contributed by atoms with Crippen LogP contribution in [0.25, 0.3) is 0 Å². The molecule has 0 fully saturated rings. The summed E-state index contributed by atoms with van der Waals surface area (Å²) in [5.74, 6) is -1.81. The van der Waals surface area contributed by atoms with Crippen LogP contribution in [0.3, 0.4) is 0 Å². The molecule has 0 aromatic carbocycles. The summed E-state index contributed by atoms with van der Waals surface area (Å²) in [6.07, 6.45) is 1.10. The Labute approximate surface area is 65.5 Å². The van der Waals surface area contributed by atoms with Gasteiger partial charge in [-0.3, -0.25) is 4.79 Å². The molecule has 0 bridgehead atoms. The Morgan fingerprint density at radius 2 is 2.27 bits per heavy atom. The maximum Gasteiger partial charge on any atom is 0.347 e. The van der Waals surface area contributed by atoms with Crippen LogP contribution in [0.5, 0.6) is 0 Å². The highest BCUT2D eigenvalue weighted by Crippen LogP contribution is 2.11. The fraction of sp³-hybridized carbons (Fsp3) is 0. The van der Waals surface area contributed by atoms with Crippen LogP contribution in [0.15, 0.2) is 6.20 Å². The lowest BCUT2D eigenvalue weighted by Crippen LogP contribution is -2.09. The van der Waals surface area contributed by atoms with E-state index < -0.39 is 11.9 Å². The molecule has 0 atom stereocenters. The van der Waals surface area contributed by atoms with Crippen LogP contribution < -0.4 is 5.73 Å². The monoisotopic (exact) mass is 172 g/mol. The van der Waals surface area contributed by atoms with Crippen LogP contribution in [-0.2, 0) is 0 Å². The minimum atomic E-state index is -1.10. The number of carboxylic acid groups (broad SMARTS) is 1. The van der Waals surface area contributed by atoms with Crippen molar-refractivity contribution in [2.24, 2.45) is 5.73 Å². The average Bonchev–Trinajstić information content (AvgIpc) is 2.33. The Balaban J connectivity index is 2.99. The lowest BCUT2D eigenvalue weighted by Gasteiger charge is -1.81. The highest BCUT2D eigenvalue weighted by Gasteiger charge is 2.11. The summed E-state index contributed by atoms with van der Waals surface area (Å²) < 4.78 is 0. The zero-order valence-electron chi connectivity index (χ0n) is 5.27. The molecule has 6 heteroatoms. The first kappa shape index (κ1) is 7.67. The van der Waals surface area contributed by atoms with Crippen molar-refractivity contribution >= 4 is 23.2 Å². The first-order chi connectivity index (χ1) is 5.11. The van der Waals surface area contributed by atoms with E-state index in [1.807, 2.05) is 0 Å². The molecule has 1 aromatic heterocycles. The van der Waals surface area contributed by atoms with E-state index in [9.17, 15) is 9.59 Å². The zero-order valence-corrected chi connectivity index (χ0v) is 6.09. The molecule has 5 nitrogen and oxygen atoms in total. The summed E-state index contributed by atoms with van der Waals surface area (Å²) >= 11 is 0.764. The summed E-state index contributed by atoms with van der Waals surface area (Å²) in [4.78, 5) is 24.2. The van der Waals surface area contributed by atoms with Crippen LogP contribution in [0.1, 0.15) is 19.5 Å². The van der Waals surface area contributed by atoms with Gasteiger partial charge in [0.15, 0.2) is 5.01 Å². The van der Waals surface area contributed by atoms with Crippen LogP contribution in [0.2, 0.25) is 0 Å². The smallest absolute Gasteiger partial charge is 0.347 e. The van der Waals surface area contributed by atoms with Gasteiger partial charge in [0.05, 0.1) is 6.20 Å². The van der Waals surface area contributed by atoms with E-state index in [-0.39, 0.29) is 9.88 Å². The standard InChI is InChI=1S/C5H4N2O3S/c6-3(8)4-7-1-2(11-4)5(9)10/h1H,(H2,6,8)(H,9,10). The van der Waals surface area contributed by atoms with Gasteiger partial charge in [-0.1, -0.05) is 0 Å². The van der Waals surface area contributed by atoms with Crippen molar-refractivity contribution in [3.8, 4) is 0 Å². The summed E-state index contributed by atoms with van der Waals surface area (Å²) in [5, 5.41) is 8.41. The summed E-state index contributed by atoms with van der Waals surface area (Å²) in [7, 11) is 0. The molecule has 0 aliphatic heterocycles. The van der Waals surface area contributed by atoms with Crippen LogP contribution in [-0.4, -0.2) is 22.0 Å². The number of hydrogen-bond donors (Lipinski definition) is 2. The number of amides is 1. The second-order valence-electron chi connectivity index (χ2n) is 1.70. The number of carbonyl (C=O) groups excluding carboxylic acids is 1. The molecule has 58 valence electrons. The van der Waals surface area contributed by atoms with E-state index in [0.717, 1.165) is 17.5 Å². The minimum absolute atomic E-state index is 0.0128. The number of nitrogens with two attached hydrogens (primary N) is 1. The number of rotatable bonds is 2. The van der Waals surface area contributed by atoms with E-state index in [1.165, 1.54) is 0 Å². The second kappa shape index (κ2) is 2.67. The summed E-state index contributed by atoms with van der Waals surface area (Å²) in [6, 6.07) is 0. The predicted molar refractivity (Wildman–Crippen MR) is 37.6 cm³/mol. The topological polar surface area (TPSA) is 93.3 Å². The third-order valence-corrected chi connectivity index (χ3v) is 1.93. The first-order valence-corrected chi connectivity index (χ1v) is 3.42. The molecule has 0 aliphatic rings. The number of hydrogen-bond acceptors (Lipinski definition) is 4. The molecule has 0 unspecified atom stereocenters. The number of nitrogens with zero attached hydrogens (tertiary/aromatic N) is 1. The fourth-order valence-electron chi connectivity index (χ4n) is 0.487. The molecule has 0 saturated carbocycles. The molecule has 1 aromatic rings. The lowest BCUT2D eigenvalue weighted by atomic mass is 10.6. The van der Waals surface area contributed by atoms with Crippen molar-refractivity contribution in [1.82, 2.24) is 4.98 Å². The zero-order chi connectivity index (χ0) is 8.43. The predicted octanol–water partition coefficient (Wildman–Crippen LogP) is -0.0598. The highest BCUT2D eigenvalue weighted by molar-refractivity contribution is 7.15. The van der Waals surface area contributed by atoms with Gasteiger partial charge in [-0.25, -0.2) is 9.78 Å². The number of primary amides is 1. The van der Waals surface area contributed by atoms with Crippen LogP contribution in [0.4, 0.5) is 0 Å². The molecular weight excluding hydrogens is 168 g/mol. The van der Waals surface area contributed by atoms with Crippen molar-refractivity contribution in [2.75, 3.05) is 0 Å². The Morgan fingerprint density at radius 1 is 1.64 bits per heavy atom. The molecule has 0 aliphatic carbocycles. The van der Waals surface area contributed by atoms with Crippen LogP contribution in [0, 0.1) is 0 Å². The van der Waals surface area contributed by atoms with Gasteiger partial charge in [0.25, 0.3) is 5.91 Å². The van der Waals surface area contributed by atoms with Gasteiger partial charge in [-0.2, -0.15) is 0 Å². The Bertz CT molecular complexity index is 278. The average molecular weight is 172 g/mol. The quantitative estimate of drug-likeness (QED) is 0.653. The minimum Gasteiger partial charge on any atom is -0.477 e. The molecule has 1 heterocycles. The molecule has 1 rings (SSSR count). The SMILES string of the molecule is NC(=O)c1ncc(C(=O)O)s1. The Kier molecular flexibility index (Phi) is 1.86.